The summed E-state index contributed by atoms with van der Waals surface area (Å²) in [7, 11) is 3.10. The van der Waals surface area contributed by atoms with Crippen LogP contribution in [0.2, 0.25) is 0 Å². The zero-order chi connectivity index (χ0) is 31.5. The van der Waals surface area contributed by atoms with Gasteiger partial charge in [0, 0.05) is 51.0 Å². The molecule has 11 heteroatoms. The van der Waals surface area contributed by atoms with E-state index in [-0.39, 0.29) is 23.5 Å². The molecule has 2 aliphatic rings. The van der Waals surface area contributed by atoms with E-state index in [1.165, 1.54) is 13.2 Å². The van der Waals surface area contributed by atoms with Crippen molar-refractivity contribution in [3.63, 3.8) is 0 Å². The largest absolute Gasteiger partial charge is 0.508 e. The van der Waals surface area contributed by atoms with Crippen LogP contribution in [0.1, 0.15) is 51.2 Å². The summed E-state index contributed by atoms with van der Waals surface area (Å²) in [6.07, 6.45) is 3.58. The molecule has 1 aromatic rings. The lowest BCUT2D eigenvalue weighted by Crippen LogP contribution is -2.37. The molecule has 0 radical (unpaired) electrons. The standard InChI is InChI=1S/C32H49N3O8/c1-20-14-23-17-25(24(26(36)18-23)19-35-10-12-42-13-11-35)34-29(37)9-7-6-8-27(40-4)31(43-32(33)39)22(3)16-21(2)30(38)28(15-20)41-5/h7,9,16-18,20-21,27-28,30-31,36,38H,6,8,10-15,19H2,1-5H3,(H2,33,39)(H,34,37)/b9-7+,22-16+/t20-,21+,27+,28-,30-,31+/m1/s1. The van der Waals surface area contributed by atoms with Gasteiger partial charge in [-0.15, -0.1) is 0 Å². The van der Waals surface area contributed by atoms with Crippen molar-refractivity contribution in [3.05, 3.63) is 47.1 Å². The normalized spacial score (nSPS) is 30.6. The summed E-state index contributed by atoms with van der Waals surface area (Å²) in [5.74, 6) is -0.442. The monoisotopic (exact) mass is 603 g/mol. The molecule has 6 atom stereocenters. The summed E-state index contributed by atoms with van der Waals surface area (Å²) >= 11 is 0. The lowest BCUT2D eigenvalue weighted by atomic mass is 9.88. The van der Waals surface area contributed by atoms with Crippen molar-refractivity contribution < 1.29 is 38.7 Å². The summed E-state index contributed by atoms with van der Waals surface area (Å²) in [4.78, 5) is 27.0. The van der Waals surface area contributed by atoms with Crippen molar-refractivity contribution in [2.75, 3.05) is 45.8 Å². The number of rotatable bonds is 5. The molecule has 1 fully saturated rings. The highest BCUT2D eigenvalue weighted by atomic mass is 16.6. The maximum atomic E-state index is 13.0. The van der Waals surface area contributed by atoms with E-state index in [1.54, 1.807) is 19.3 Å². The first-order chi connectivity index (χ1) is 20.5. The van der Waals surface area contributed by atoms with E-state index >= 15 is 0 Å². The number of hydrogen-bond donors (Lipinski definition) is 4. The number of phenolic OH excluding ortho intramolecular Hbond substituents is 1. The van der Waals surface area contributed by atoms with Crippen LogP contribution in [0.4, 0.5) is 10.5 Å². The van der Waals surface area contributed by atoms with Gasteiger partial charge in [0.2, 0.25) is 5.91 Å². The molecule has 1 aromatic carbocycles. The van der Waals surface area contributed by atoms with Crippen LogP contribution in [-0.4, -0.2) is 92.1 Å². The van der Waals surface area contributed by atoms with Gasteiger partial charge in [-0.25, -0.2) is 4.79 Å². The van der Waals surface area contributed by atoms with E-state index in [9.17, 15) is 19.8 Å². The number of aliphatic hydroxyl groups is 1. The van der Waals surface area contributed by atoms with Gasteiger partial charge in [0.15, 0.2) is 6.10 Å². The number of nitrogens with one attached hydrogen (secondary N) is 1. The topological polar surface area (TPSA) is 153 Å². The van der Waals surface area contributed by atoms with Gasteiger partial charge in [0.25, 0.3) is 0 Å². The first-order valence-electron chi connectivity index (χ1n) is 15.0. The van der Waals surface area contributed by atoms with Crippen LogP contribution in [-0.2, 0) is 36.7 Å². The number of ether oxygens (including phenoxy) is 4. The third kappa shape index (κ3) is 10.3. The number of carbonyl (C=O) groups is 2. The van der Waals surface area contributed by atoms with Crippen LogP contribution >= 0.6 is 0 Å². The Labute approximate surface area is 255 Å². The Morgan fingerprint density at radius 1 is 1.16 bits per heavy atom. The molecular weight excluding hydrogens is 554 g/mol. The minimum Gasteiger partial charge on any atom is -0.508 e. The Balaban J connectivity index is 1.97. The number of carbonyl (C=O) groups excluding carboxylic acids is 2. The average Bonchev–Trinajstić information content (AvgIpc) is 2.96. The van der Waals surface area contributed by atoms with Crippen molar-refractivity contribution >= 4 is 17.7 Å². The predicted octanol–water partition coefficient (Wildman–Crippen LogP) is 3.52. The molecule has 2 amide bonds. The van der Waals surface area contributed by atoms with E-state index < -0.39 is 30.5 Å². The fraction of sp³-hybridized carbons (Fsp3) is 0.625. The lowest BCUT2D eigenvalue weighted by Gasteiger charge is -2.30. The molecule has 2 bridgehead atoms. The zero-order valence-corrected chi connectivity index (χ0v) is 26.1. The number of aromatic hydroxyl groups is 1. The van der Waals surface area contributed by atoms with Crippen molar-refractivity contribution in [1.29, 1.82) is 0 Å². The first-order valence-corrected chi connectivity index (χ1v) is 15.0. The number of fused-ring (bicyclic) bond motifs is 2. The number of allylic oxidation sites excluding steroid dienone is 1. The summed E-state index contributed by atoms with van der Waals surface area (Å²) in [5.41, 5.74) is 8.16. The van der Waals surface area contributed by atoms with E-state index in [4.69, 9.17) is 24.7 Å². The number of primary amides is 1. The second kappa shape index (κ2) is 16.8. The summed E-state index contributed by atoms with van der Waals surface area (Å²) in [6, 6.07) is 3.68. The molecule has 0 spiro atoms. The number of phenols is 1. The molecule has 240 valence electrons. The third-order valence-electron chi connectivity index (χ3n) is 8.22. The number of amides is 2. The van der Waals surface area contributed by atoms with Crippen LogP contribution in [0.15, 0.2) is 35.9 Å². The van der Waals surface area contributed by atoms with Gasteiger partial charge >= 0.3 is 6.09 Å². The van der Waals surface area contributed by atoms with Crippen LogP contribution < -0.4 is 11.1 Å². The molecule has 0 aliphatic carbocycles. The van der Waals surface area contributed by atoms with E-state index in [2.05, 4.69) is 17.1 Å². The minimum atomic E-state index is -0.928. The van der Waals surface area contributed by atoms with Gasteiger partial charge in [-0.2, -0.15) is 0 Å². The molecular formula is C32H49N3O8. The van der Waals surface area contributed by atoms with Crippen LogP contribution in [0.25, 0.3) is 0 Å². The second-order valence-corrected chi connectivity index (χ2v) is 11.7. The number of benzene rings is 1. The number of nitrogens with zero attached hydrogens (tertiary/aromatic N) is 1. The average molecular weight is 604 g/mol. The van der Waals surface area contributed by atoms with Gasteiger partial charge < -0.3 is 40.2 Å². The SMILES string of the molecule is CO[C@H]1CC/C=C/C(=O)Nc2cc(cc(O)c2CN2CCOCC2)C[C@@H](C)C[C@@H](OC)[C@H](O)[C@@H](C)/C=C(\C)[C@@H]1OC(N)=O. The predicted molar refractivity (Wildman–Crippen MR) is 164 cm³/mol. The van der Waals surface area contributed by atoms with E-state index in [1.807, 2.05) is 26.0 Å². The Morgan fingerprint density at radius 3 is 2.51 bits per heavy atom. The van der Waals surface area contributed by atoms with Gasteiger partial charge in [-0.3, -0.25) is 9.69 Å². The van der Waals surface area contributed by atoms with Crippen molar-refractivity contribution in [3.8, 4) is 5.75 Å². The van der Waals surface area contributed by atoms with E-state index in [0.29, 0.717) is 62.3 Å². The molecule has 0 unspecified atom stereocenters. The first kappa shape index (κ1) is 34.5. The van der Waals surface area contributed by atoms with Gasteiger partial charge in [0.1, 0.15) is 5.75 Å². The Kier molecular flexibility index (Phi) is 13.5. The molecule has 43 heavy (non-hydrogen) atoms. The highest BCUT2D eigenvalue weighted by molar-refractivity contribution is 6.00. The molecule has 3 rings (SSSR count). The fourth-order valence-electron chi connectivity index (χ4n) is 5.90. The number of nitrogens with two attached hydrogens (primary N) is 1. The van der Waals surface area contributed by atoms with Crippen molar-refractivity contribution in [1.82, 2.24) is 4.90 Å². The lowest BCUT2D eigenvalue weighted by molar-refractivity contribution is -0.111. The highest BCUT2D eigenvalue weighted by Crippen LogP contribution is 2.32. The molecule has 5 N–H and O–H groups in total. The van der Waals surface area contributed by atoms with E-state index in [0.717, 1.165) is 18.7 Å². The fourth-order valence-corrected chi connectivity index (χ4v) is 5.90. The summed E-state index contributed by atoms with van der Waals surface area (Å²) < 4.78 is 22.3. The van der Waals surface area contributed by atoms with Crippen LogP contribution in [0.3, 0.4) is 0 Å². The number of anilines is 1. The smallest absolute Gasteiger partial charge is 0.405 e. The minimum absolute atomic E-state index is 0.0794. The number of morpholine rings is 1. The number of aliphatic hydroxyl groups excluding tert-OH is 1. The summed E-state index contributed by atoms with van der Waals surface area (Å²) in [5, 5.41) is 25.3. The Hall–Kier alpha value is -2.96. The maximum Gasteiger partial charge on any atom is 0.405 e. The molecule has 2 aliphatic heterocycles. The summed E-state index contributed by atoms with van der Waals surface area (Å²) in [6.45, 7) is 8.94. The molecule has 1 saturated heterocycles. The van der Waals surface area contributed by atoms with Gasteiger partial charge in [-0.1, -0.05) is 26.0 Å². The van der Waals surface area contributed by atoms with Crippen molar-refractivity contribution in [2.24, 2.45) is 17.6 Å². The van der Waals surface area contributed by atoms with Crippen molar-refractivity contribution in [2.45, 2.75) is 77.4 Å². The third-order valence-corrected chi connectivity index (χ3v) is 8.22. The molecule has 0 aromatic heterocycles. The Bertz CT molecular complexity index is 1130. The molecule has 2 heterocycles. The molecule has 11 nitrogen and oxygen atoms in total. The van der Waals surface area contributed by atoms with Crippen LogP contribution in [0, 0.1) is 11.8 Å². The number of hydrogen-bond acceptors (Lipinski definition) is 9. The highest BCUT2D eigenvalue weighted by Gasteiger charge is 2.30. The second-order valence-electron chi connectivity index (χ2n) is 11.7. The molecule has 0 saturated carbocycles. The number of methoxy groups -OCH3 is 2. The van der Waals surface area contributed by atoms with Gasteiger partial charge in [-0.05, 0) is 67.9 Å². The quantitative estimate of drug-likeness (QED) is 0.370. The zero-order valence-electron chi connectivity index (χ0n) is 26.1. The van der Waals surface area contributed by atoms with Crippen LogP contribution in [0.5, 0.6) is 5.75 Å². The Morgan fingerprint density at radius 2 is 1.86 bits per heavy atom. The van der Waals surface area contributed by atoms with Gasteiger partial charge in [0.05, 0.1) is 31.5 Å². The maximum absolute atomic E-state index is 13.0.